The monoisotopic (exact) mass is 425 g/mol. The molecule has 1 fully saturated rings. The van der Waals surface area contributed by atoms with E-state index in [0.717, 1.165) is 35.6 Å². The number of hydrogen-bond acceptors (Lipinski definition) is 7. The highest BCUT2D eigenvalue weighted by molar-refractivity contribution is 7.18. The van der Waals surface area contributed by atoms with Gasteiger partial charge in [-0.15, -0.1) is 11.3 Å². The Morgan fingerprint density at radius 3 is 2.48 bits per heavy atom. The molecular formula is C20H29N2O6S+. The summed E-state index contributed by atoms with van der Waals surface area (Å²) in [5, 5.41) is 3.10. The first kappa shape index (κ1) is 23.0. The molecule has 160 valence electrons. The zero-order valence-corrected chi connectivity index (χ0v) is 18.2. The normalized spacial score (nSPS) is 18.8. The summed E-state index contributed by atoms with van der Waals surface area (Å²) in [7, 11) is 0. The summed E-state index contributed by atoms with van der Waals surface area (Å²) < 4.78 is 10.2. The standard InChI is InChI=1S/C20H28N2O6S/c1-5-27-19(25)14-8-7-9-22(10-14)11-15(24)21-18-16(20(26)28-6-2)12(3)17(29-18)13(4)23/h14H,5-11H2,1-4H3,(H,21,24)/p+1/t14-/m1/s1. The number of quaternary nitrogens is 1. The van der Waals surface area contributed by atoms with E-state index in [1.54, 1.807) is 20.8 Å². The largest absolute Gasteiger partial charge is 0.466 e. The maximum atomic E-state index is 12.6. The van der Waals surface area contributed by atoms with Crippen LogP contribution in [0.4, 0.5) is 5.00 Å². The van der Waals surface area contributed by atoms with Gasteiger partial charge in [-0.25, -0.2) is 4.79 Å². The fraction of sp³-hybridized carbons (Fsp3) is 0.600. The van der Waals surface area contributed by atoms with Crippen molar-refractivity contribution in [1.29, 1.82) is 0 Å². The number of Topliss-reactive ketones (excluding diaryl/α,β-unsaturated/α-hetero) is 1. The lowest BCUT2D eigenvalue weighted by Gasteiger charge is -2.28. The van der Waals surface area contributed by atoms with Gasteiger partial charge in [0.15, 0.2) is 12.3 Å². The third kappa shape index (κ3) is 5.86. The van der Waals surface area contributed by atoms with Gasteiger partial charge < -0.3 is 19.7 Å². The van der Waals surface area contributed by atoms with E-state index in [4.69, 9.17) is 9.47 Å². The average molecular weight is 426 g/mol. The van der Waals surface area contributed by atoms with E-state index in [1.807, 2.05) is 0 Å². The minimum Gasteiger partial charge on any atom is -0.466 e. The first-order chi connectivity index (χ1) is 13.8. The molecule has 1 aliphatic heterocycles. The van der Waals surface area contributed by atoms with Crippen LogP contribution in [0.25, 0.3) is 0 Å². The molecule has 0 saturated carbocycles. The number of ether oxygens (including phenoxy) is 2. The number of anilines is 1. The van der Waals surface area contributed by atoms with Crippen LogP contribution in [0.1, 0.15) is 59.2 Å². The maximum absolute atomic E-state index is 12.6. The van der Waals surface area contributed by atoms with Crippen molar-refractivity contribution in [3.63, 3.8) is 0 Å². The van der Waals surface area contributed by atoms with Crippen molar-refractivity contribution in [1.82, 2.24) is 0 Å². The number of thiophene rings is 1. The highest BCUT2D eigenvalue weighted by atomic mass is 32.1. The fourth-order valence-corrected chi connectivity index (χ4v) is 4.66. The minimum absolute atomic E-state index is 0.169. The van der Waals surface area contributed by atoms with Crippen molar-refractivity contribution in [2.24, 2.45) is 5.92 Å². The molecule has 0 radical (unpaired) electrons. The molecule has 8 nitrogen and oxygen atoms in total. The Morgan fingerprint density at radius 2 is 1.86 bits per heavy atom. The summed E-state index contributed by atoms with van der Waals surface area (Å²) in [4.78, 5) is 50.2. The van der Waals surface area contributed by atoms with Gasteiger partial charge in [0.05, 0.1) is 36.7 Å². The average Bonchev–Trinajstić information content (AvgIpc) is 2.98. The summed E-state index contributed by atoms with van der Waals surface area (Å²) in [6, 6.07) is 0. The van der Waals surface area contributed by atoms with Crippen LogP contribution in [-0.2, 0) is 19.1 Å². The molecule has 2 rings (SSSR count). The van der Waals surface area contributed by atoms with Crippen molar-refractivity contribution in [2.75, 3.05) is 38.2 Å². The highest BCUT2D eigenvalue weighted by Crippen LogP contribution is 2.34. The summed E-state index contributed by atoms with van der Waals surface area (Å²) in [6.07, 6.45) is 1.61. The van der Waals surface area contributed by atoms with Gasteiger partial charge in [-0.1, -0.05) is 0 Å². The molecule has 1 saturated heterocycles. The summed E-state index contributed by atoms with van der Waals surface area (Å²) >= 11 is 1.09. The second-order valence-corrected chi connectivity index (χ2v) is 8.08. The smallest absolute Gasteiger partial charge is 0.341 e. The van der Waals surface area contributed by atoms with Crippen LogP contribution in [0.5, 0.6) is 0 Å². The number of nitrogens with one attached hydrogen (secondary N) is 2. The number of esters is 2. The van der Waals surface area contributed by atoms with E-state index in [2.05, 4.69) is 5.32 Å². The first-order valence-electron chi connectivity index (χ1n) is 9.89. The summed E-state index contributed by atoms with van der Waals surface area (Å²) in [5.74, 6) is -1.41. The van der Waals surface area contributed by atoms with Crippen LogP contribution in [0, 0.1) is 12.8 Å². The van der Waals surface area contributed by atoms with Crippen molar-refractivity contribution >= 4 is 40.0 Å². The van der Waals surface area contributed by atoms with E-state index < -0.39 is 5.97 Å². The zero-order chi connectivity index (χ0) is 21.6. The Labute approximate surface area is 174 Å². The van der Waals surface area contributed by atoms with Crippen molar-refractivity contribution in [3.8, 4) is 0 Å². The molecule has 0 aromatic carbocycles. The number of hydrogen-bond donors (Lipinski definition) is 2. The van der Waals surface area contributed by atoms with Gasteiger partial charge in [0.25, 0.3) is 5.91 Å². The predicted molar refractivity (Wildman–Crippen MR) is 109 cm³/mol. The summed E-state index contributed by atoms with van der Waals surface area (Å²) in [6.45, 7) is 8.62. The number of carbonyl (C=O) groups is 4. The van der Waals surface area contributed by atoms with Gasteiger partial charge in [0.1, 0.15) is 10.9 Å². The van der Waals surface area contributed by atoms with Crippen LogP contribution in [0.3, 0.4) is 0 Å². The molecule has 1 aromatic rings. The first-order valence-corrected chi connectivity index (χ1v) is 10.7. The van der Waals surface area contributed by atoms with Crippen LogP contribution in [0.2, 0.25) is 0 Å². The molecule has 1 aliphatic rings. The van der Waals surface area contributed by atoms with Crippen LogP contribution in [-0.4, -0.2) is 56.5 Å². The third-order valence-electron chi connectivity index (χ3n) is 4.85. The van der Waals surface area contributed by atoms with Gasteiger partial charge >= 0.3 is 11.9 Å². The topological polar surface area (TPSA) is 103 Å². The maximum Gasteiger partial charge on any atom is 0.341 e. The van der Waals surface area contributed by atoms with Gasteiger partial charge in [-0.2, -0.15) is 0 Å². The Bertz CT molecular complexity index is 788. The number of carbonyl (C=O) groups excluding carboxylic acids is 4. The van der Waals surface area contributed by atoms with E-state index in [-0.39, 0.29) is 42.3 Å². The second-order valence-electron chi connectivity index (χ2n) is 7.06. The molecule has 2 N–H and O–H groups in total. The van der Waals surface area contributed by atoms with Gasteiger partial charge in [-0.05, 0) is 46.1 Å². The molecule has 29 heavy (non-hydrogen) atoms. The number of amides is 1. The van der Waals surface area contributed by atoms with E-state index in [1.165, 1.54) is 6.92 Å². The molecule has 1 amide bonds. The van der Waals surface area contributed by atoms with Crippen LogP contribution >= 0.6 is 11.3 Å². The Kier molecular flexibility index (Phi) is 8.33. The molecule has 9 heteroatoms. The Balaban J connectivity index is 2.10. The molecule has 1 unspecified atom stereocenters. The van der Waals surface area contributed by atoms with Crippen LogP contribution < -0.4 is 10.2 Å². The molecule has 2 atom stereocenters. The fourth-order valence-electron chi connectivity index (χ4n) is 3.56. The Morgan fingerprint density at radius 1 is 1.17 bits per heavy atom. The predicted octanol–water partition coefficient (Wildman–Crippen LogP) is 1.23. The molecule has 1 aromatic heterocycles. The highest BCUT2D eigenvalue weighted by Gasteiger charge is 2.31. The van der Waals surface area contributed by atoms with E-state index in [9.17, 15) is 19.2 Å². The van der Waals surface area contributed by atoms with Crippen molar-refractivity contribution in [3.05, 3.63) is 16.0 Å². The quantitative estimate of drug-likeness (QED) is 0.480. The second kappa shape index (κ2) is 10.5. The molecule has 2 heterocycles. The Hall–Kier alpha value is -2.26. The van der Waals surface area contributed by atoms with E-state index in [0.29, 0.717) is 28.6 Å². The zero-order valence-electron chi connectivity index (χ0n) is 17.4. The molecular weight excluding hydrogens is 396 g/mol. The SMILES string of the molecule is CCOC(=O)c1c(NC(=O)C[NH+]2CCC[C@@H](C(=O)OCC)C2)sc(C(C)=O)c1C. The number of rotatable bonds is 8. The lowest BCUT2D eigenvalue weighted by atomic mass is 9.98. The number of likely N-dealkylation sites (tertiary alicyclic amines) is 1. The molecule has 0 bridgehead atoms. The van der Waals surface area contributed by atoms with Gasteiger partial charge in [0, 0.05) is 0 Å². The molecule has 0 aliphatic carbocycles. The van der Waals surface area contributed by atoms with Gasteiger partial charge in [-0.3, -0.25) is 14.4 Å². The molecule has 0 spiro atoms. The van der Waals surface area contributed by atoms with Crippen LogP contribution in [0.15, 0.2) is 0 Å². The number of ketones is 1. The lowest BCUT2D eigenvalue weighted by molar-refractivity contribution is -0.899. The van der Waals surface area contributed by atoms with Gasteiger partial charge in [0.2, 0.25) is 0 Å². The van der Waals surface area contributed by atoms with Crippen molar-refractivity contribution < 1.29 is 33.6 Å². The summed E-state index contributed by atoms with van der Waals surface area (Å²) in [5.41, 5.74) is 0.748. The minimum atomic E-state index is -0.559. The van der Waals surface area contributed by atoms with E-state index >= 15 is 0 Å². The third-order valence-corrected chi connectivity index (χ3v) is 6.16. The van der Waals surface area contributed by atoms with Crippen molar-refractivity contribution in [2.45, 2.75) is 40.5 Å². The lowest BCUT2D eigenvalue weighted by Crippen LogP contribution is -3.14. The number of piperidine rings is 1.